The lowest BCUT2D eigenvalue weighted by molar-refractivity contribution is -0.139. The number of benzene rings is 1. The fraction of sp³-hybridized carbons (Fsp3) is 0.607. The highest BCUT2D eigenvalue weighted by Gasteiger charge is 2.38. The Morgan fingerprint density at radius 2 is 1.81 bits per heavy atom. The first-order valence-electron chi connectivity index (χ1n) is 13.2. The lowest BCUT2D eigenvalue weighted by Gasteiger charge is -2.43. The number of hydrogen-bond acceptors (Lipinski definition) is 5. The Balaban J connectivity index is 1.90. The lowest BCUT2D eigenvalue weighted by atomic mass is 9.92. The van der Waals surface area contributed by atoms with E-state index >= 15 is 0 Å². The second-order valence-corrected chi connectivity index (χ2v) is 11.3. The number of nitrogens with one attached hydrogen (secondary N) is 2. The van der Waals surface area contributed by atoms with Crippen molar-refractivity contribution in [2.75, 3.05) is 39.8 Å². The first-order chi connectivity index (χ1) is 17.3. The monoisotopic (exact) mass is 513 g/mol. The van der Waals surface area contributed by atoms with Gasteiger partial charge in [-0.05, 0) is 51.7 Å². The van der Waals surface area contributed by atoms with E-state index in [4.69, 9.17) is 4.74 Å². The molecule has 0 spiro atoms. The van der Waals surface area contributed by atoms with Crippen molar-refractivity contribution in [1.82, 2.24) is 25.3 Å². The van der Waals surface area contributed by atoms with E-state index in [0.29, 0.717) is 43.4 Å². The van der Waals surface area contributed by atoms with Crippen LogP contribution in [0.4, 0.5) is 9.59 Å². The number of rotatable bonds is 6. The van der Waals surface area contributed by atoms with Gasteiger partial charge in [0.25, 0.3) is 0 Å². The fourth-order valence-corrected chi connectivity index (χ4v) is 4.80. The second-order valence-electron chi connectivity index (χ2n) is 11.3. The molecule has 0 radical (unpaired) electrons. The molecule has 0 aromatic heterocycles. The molecule has 2 aliphatic heterocycles. The topological polar surface area (TPSA) is 94.2 Å². The van der Waals surface area contributed by atoms with Crippen molar-refractivity contribution in [3.63, 3.8) is 0 Å². The highest BCUT2D eigenvalue weighted by atomic mass is 16.5. The summed E-state index contributed by atoms with van der Waals surface area (Å²) in [6.45, 7) is 16.4. The number of piperazine rings is 1. The summed E-state index contributed by atoms with van der Waals surface area (Å²) >= 11 is 0. The first kappa shape index (κ1) is 28.5. The number of amides is 4. The van der Waals surface area contributed by atoms with Crippen LogP contribution in [0.2, 0.25) is 0 Å². The van der Waals surface area contributed by atoms with Gasteiger partial charge < -0.3 is 20.3 Å². The van der Waals surface area contributed by atoms with Crippen LogP contribution in [0.25, 0.3) is 0 Å². The van der Waals surface area contributed by atoms with E-state index in [1.165, 1.54) is 10.5 Å². The highest BCUT2D eigenvalue weighted by Crippen LogP contribution is 2.32. The molecule has 9 nitrogen and oxygen atoms in total. The predicted octanol–water partition coefficient (Wildman–Crippen LogP) is 3.84. The van der Waals surface area contributed by atoms with Gasteiger partial charge in [-0.15, -0.1) is 0 Å². The minimum atomic E-state index is -0.602. The molecule has 1 saturated heterocycles. The van der Waals surface area contributed by atoms with Crippen LogP contribution in [-0.4, -0.2) is 84.1 Å². The maximum atomic E-state index is 13.3. The van der Waals surface area contributed by atoms with Crippen LogP contribution in [0.15, 0.2) is 35.5 Å². The molecule has 2 unspecified atom stereocenters. The van der Waals surface area contributed by atoms with E-state index in [-0.39, 0.29) is 30.2 Å². The molecule has 2 atom stereocenters. The normalized spacial score (nSPS) is 21.3. The molecule has 1 aromatic carbocycles. The molecule has 2 N–H and O–H groups in total. The Morgan fingerprint density at radius 3 is 2.35 bits per heavy atom. The average molecular weight is 514 g/mol. The zero-order chi connectivity index (χ0) is 27.5. The van der Waals surface area contributed by atoms with Gasteiger partial charge in [0.1, 0.15) is 0 Å². The molecular formula is C28H43N5O4. The third kappa shape index (κ3) is 6.83. The summed E-state index contributed by atoms with van der Waals surface area (Å²) in [5.74, 6) is -0.0542. The number of hydrogen-bond donors (Lipinski definition) is 2. The van der Waals surface area contributed by atoms with Crippen LogP contribution in [0.5, 0.6) is 0 Å². The summed E-state index contributed by atoms with van der Waals surface area (Å²) < 4.78 is 5.46. The Labute approximate surface area is 221 Å². The minimum absolute atomic E-state index is 0.0233. The minimum Gasteiger partial charge on any atom is -0.463 e. The van der Waals surface area contributed by atoms with Gasteiger partial charge in [-0.2, -0.15) is 0 Å². The third-order valence-corrected chi connectivity index (χ3v) is 6.84. The summed E-state index contributed by atoms with van der Waals surface area (Å²) in [4.78, 5) is 44.6. The Kier molecular flexibility index (Phi) is 8.89. The van der Waals surface area contributed by atoms with E-state index in [1.807, 2.05) is 56.9 Å². The summed E-state index contributed by atoms with van der Waals surface area (Å²) in [5, 5.41) is 6.02. The van der Waals surface area contributed by atoms with Crippen LogP contribution < -0.4 is 10.6 Å². The number of carbonyl (C=O) groups excluding carboxylic acids is 3. The van der Waals surface area contributed by atoms with E-state index in [0.717, 1.165) is 5.56 Å². The molecule has 0 saturated carbocycles. The fourth-order valence-electron chi connectivity index (χ4n) is 4.80. The molecule has 1 fully saturated rings. The molecule has 3 rings (SSSR count). The van der Waals surface area contributed by atoms with Crippen molar-refractivity contribution in [2.24, 2.45) is 0 Å². The Bertz CT molecular complexity index is 1030. The number of nitrogens with zero attached hydrogens (tertiary/aromatic N) is 3. The van der Waals surface area contributed by atoms with Gasteiger partial charge in [0.05, 0.1) is 18.2 Å². The predicted molar refractivity (Wildman–Crippen MR) is 144 cm³/mol. The molecule has 4 amide bonds. The molecule has 2 aliphatic rings. The molecule has 0 aliphatic carbocycles. The van der Waals surface area contributed by atoms with E-state index in [9.17, 15) is 14.4 Å². The maximum absolute atomic E-state index is 13.3. The number of esters is 1. The standard InChI is InChI=1S/C28H43N5O4/c1-9-37-25(34)23-22(17-32-14-15-33(19(4)16-32)27(36)30-28(5,6)7)31(8)26(35)29-24(23)21-12-10-20(11-13-21)18(2)3/h10-13,18-19,24H,9,14-17H2,1-8H3,(H,29,35)(H,30,36). The summed E-state index contributed by atoms with van der Waals surface area (Å²) in [7, 11) is 1.68. The maximum Gasteiger partial charge on any atom is 0.338 e. The largest absolute Gasteiger partial charge is 0.463 e. The van der Waals surface area contributed by atoms with Crippen molar-refractivity contribution in [3.05, 3.63) is 46.7 Å². The molecule has 2 heterocycles. The molecule has 0 bridgehead atoms. The third-order valence-electron chi connectivity index (χ3n) is 6.84. The van der Waals surface area contributed by atoms with E-state index < -0.39 is 12.0 Å². The van der Waals surface area contributed by atoms with E-state index in [2.05, 4.69) is 29.4 Å². The van der Waals surface area contributed by atoms with Crippen molar-refractivity contribution in [1.29, 1.82) is 0 Å². The van der Waals surface area contributed by atoms with Crippen molar-refractivity contribution in [3.8, 4) is 0 Å². The van der Waals surface area contributed by atoms with Gasteiger partial charge in [0.2, 0.25) is 0 Å². The van der Waals surface area contributed by atoms with Gasteiger partial charge in [-0.3, -0.25) is 9.80 Å². The molecule has 37 heavy (non-hydrogen) atoms. The zero-order valence-electron chi connectivity index (χ0n) is 23.6. The number of ether oxygens (including phenoxy) is 1. The zero-order valence-corrected chi connectivity index (χ0v) is 23.6. The van der Waals surface area contributed by atoms with Gasteiger partial charge in [0, 0.05) is 50.5 Å². The van der Waals surface area contributed by atoms with Crippen molar-refractivity contribution >= 4 is 18.0 Å². The molecule has 9 heteroatoms. The summed E-state index contributed by atoms with van der Waals surface area (Å²) in [5.41, 5.74) is 2.78. The Hall–Kier alpha value is -3.07. The molecule has 1 aromatic rings. The highest BCUT2D eigenvalue weighted by molar-refractivity contribution is 5.95. The number of likely N-dealkylation sites (N-methyl/N-ethyl adjacent to an activating group) is 1. The Morgan fingerprint density at radius 1 is 1.16 bits per heavy atom. The average Bonchev–Trinajstić information content (AvgIpc) is 2.81. The molecular weight excluding hydrogens is 470 g/mol. The SMILES string of the molecule is CCOC(=O)C1=C(CN2CCN(C(=O)NC(C)(C)C)C(C)C2)N(C)C(=O)NC1c1ccc(C(C)C)cc1. The van der Waals surface area contributed by atoms with Crippen LogP contribution in [0.3, 0.4) is 0 Å². The van der Waals surface area contributed by atoms with Crippen LogP contribution in [-0.2, 0) is 9.53 Å². The van der Waals surface area contributed by atoms with Crippen LogP contribution in [0.1, 0.15) is 71.6 Å². The smallest absolute Gasteiger partial charge is 0.338 e. The van der Waals surface area contributed by atoms with Crippen LogP contribution >= 0.6 is 0 Å². The van der Waals surface area contributed by atoms with Crippen molar-refractivity contribution < 1.29 is 19.1 Å². The van der Waals surface area contributed by atoms with Crippen molar-refractivity contribution in [2.45, 2.75) is 72.0 Å². The van der Waals surface area contributed by atoms with Crippen LogP contribution in [0, 0.1) is 0 Å². The number of urea groups is 2. The molecule has 204 valence electrons. The second kappa shape index (κ2) is 11.5. The van der Waals surface area contributed by atoms with E-state index in [1.54, 1.807) is 14.0 Å². The summed E-state index contributed by atoms with van der Waals surface area (Å²) in [6, 6.07) is 7.05. The van der Waals surface area contributed by atoms with Gasteiger partial charge in [-0.1, -0.05) is 38.1 Å². The van der Waals surface area contributed by atoms with Gasteiger partial charge in [0.15, 0.2) is 0 Å². The summed E-state index contributed by atoms with van der Waals surface area (Å²) in [6.07, 6.45) is 0. The lowest BCUT2D eigenvalue weighted by Crippen LogP contribution is -2.59. The van der Waals surface area contributed by atoms with Gasteiger partial charge >= 0.3 is 18.0 Å². The first-order valence-corrected chi connectivity index (χ1v) is 13.2. The van der Waals surface area contributed by atoms with Gasteiger partial charge in [-0.25, -0.2) is 14.4 Å². The number of carbonyl (C=O) groups is 3. The quantitative estimate of drug-likeness (QED) is 0.564.